The molecule has 1 aliphatic heterocycles. The zero-order valence-electron chi connectivity index (χ0n) is 15.7. The Morgan fingerprint density at radius 1 is 1.04 bits per heavy atom. The zero-order chi connectivity index (χ0) is 19.4. The van der Waals surface area contributed by atoms with Crippen LogP contribution in [-0.4, -0.2) is 43.1 Å². The average Bonchev–Trinajstić information content (AvgIpc) is 2.70. The van der Waals surface area contributed by atoms with Gasteiger partial charge in [0.05, 0.1) is 18.2 Å². The molecule has 1 aliphatic rings. The summed E-state index contributed by atoms with van der Waals surface area (Å²) in [6, 6.07) is 12.3. The number of esters is 1. The van der Waals surface area contributed by atoms with Crippen molar-refractivity contribution >= 4 is 11.9 Å². The maximum absolute atomic E-state index is 13.2. The van der Waals surface area contributed by atoms with Crippen molar-refractivity contribution < 1.29 is 23.8 Å². The molecule has 0 aliphatic carbocycles. The monoisotopic (exact) mass is 369 g/mol. The van der Waals surface area contributed by atoms with Crippen LogP contribution in [0.2, 0.25) is 0 Å². The van der Waals surface area contributed by atoms with E-state index in [-0.39, 0.29) is 17.5 Å². The zero-order valence-corrected chi connectivity index (χ0v) is 15.7. The number of carbonyl (C=O) groups is 2. The number of hydrogen-bond acceptors (Lipinski definition) is 5. The van der Waals surface area contributed by atoms with Gasteiger partial charge in [-0.1, -0.05) is 18.2 Å². The number of hydrogen-bond donors (Lipinski definition) is 0. The molecule has 6 heteroatoms. The number of carbonyl (C=O) groups excluding carboxylic acids is 2. The Hall–Kier alpha value is -3.02. The first-order valence-electron chi connectivity index (χ1n) is 8.88. The van der Waals surface area contributed by atoms with Gasteiger partial charge in [0.2, 0.25) is 0 Å². The Morgan fingerprint density at radius 3 is 2.37 bits per heavy atom. The number of benzene rings is 2. The lowest BCUT2D eigenvalue weighted by Crippen LogP contribution is -2.37. The lowest BCUT2D eigenvalue weighted by atomic mass is 10.0. The second-order valence-corrected chi connectivity index (χ2v) is 6.54. The third-order valence-corrected chi connectivity index (χ3v) is 4.41. The van der Waals surface area contributed by atoms with Crippen LogP contribution in [0.1, 0.15) is 40.1 Å². The fraction of sp³-hybridized carbons (Fsp3) is 0.333. The summed E-state index contributed by atoms with van der Waals surface area (Å²) >= 11 is 0. The topological polar surface area (TPSA) is 65.1 Å². The van der Waals surface area contributed by atoms with Gasteiger partial charge in [0.15, 0.2) is 11.5 Å². The highest BCUT2D eigenvalue weighted by atomic mass is 16.6. The number of fused-ring (bicyclic) bond motifs is 1. The summed E-state index contributed by atoms with van der Waals surface area (Å²) < 4.78 is 16.0. The summed E-state index contributed by atoms with van der Waals surface area (Å²) in [5.74, 6) is 0.649. The molecular weight excluding hydrogens is 346 g/mol. The van der Waals surface area contributed by atoms with Crippen molar-refractivity contribution in [2.24, 2.45) is 0 Å². The van der Waals surface area contributed by atoms with Gasteiger partial charge in [0.25, 0.3) is 5.91 Å². The van der Waals surface area contributed by atoms with E-state index >= 15 is 0 Å². The molecule has 0 saturated carbocycles. The number of rotatable bonds is 5. The molecule has 0 fully saturated rings. The number of ether oxygens (including phenoxy) is 3. The molecular formula is C21H23NO5. The fourth-order valence-electron chi connectivity index (χ4n) is 2.98. The summed E-state index contributed by atoms with van der Waals surface area (Å²) in [5.41, 5.74) is 1.52. The lowest BCUT2D eigenvalue weighted by Gasteiger charge is -2.28. The highest BCUT2D eigenvalue weighted by Gasteiger charge is 2.24. The van der Waals surface area contributed by atoms with Crippen LogP contribution >= 0.6 is 0 Å². The first-order chi connectivity index (χ1) is 13.0. The molecule has 0 unspecified atom stereocenters. The van der Waals surface area contributed by atoms with Gasteiger partial charge in [-0.15, -0.1) is 0 Å². The van der Waals surface area contributed by atoms with Gasteiger partial charge in [-0.25, -0.2) is 4.79 Å². The van der Waals surface area contributed by atoms with Gasteiger partial charge in [-0.3, -0.25) is 4.79 Å². The van der Waals surface area contributed by atoms with Gasteiger partial charge in [-0.05, 0) is 43.7 Å². The standard InChI is InChI=1S/C21H23NO5/c1-14(2)22(13-15-8-9-18-19(12-15)27-11-10-26-18)20(23)16-6-4-5-7-17(16)21(24)25-3/h4-9,12,14H,10-11,13H2,1-3H3. The molecule has 0 N–H and O–H groups in total. The highest BCUT2D eigenvalue weighted by Crippen LogP contribution is 2.31. The van der Waals surface area contributed by atoms with Gasteiger partial charge in [-0.2, -0.15) is 0 Å². The molecule has 0 radical (unpaired) electrons. The normalized spacial score (nSPS) is 12.6. The molecule has 0 aromatic heterocycles. The maximum Gasteiger partial charge on any atom is 0.338 e. The second kappa shape index (κ2) is 8.12. The molecule has 27 heavy (non-hydrogen) atoms. The van der Waals surface area contributed by atoms with Crippen LogP contribution in [0.5, 0.6) is 11.5 Å². The van der Waals surface area contributed by atoms with Crippen LogP contribution in [0, 0.1) is 0 Å². The molecule has 1 amide bonds. The predicted octanol–water partition coefficient (Wildman–Crippen LogP) is 3.30. The van der Waals surface area contributed by atoms with Crippen LogP contribution in [0.4, 0.5) is 0 Å². The molecule has 3 rings (SSSR count). The third kappa shape index (κ3) is 4.05. The third-order valence-electron chi connectivity index (χ3n) is 4.41. The quantitative estimate of drug-likeness (QED) is 0.757. The van der Waals surface area contributed by atoms with E-state index < -0.39 is 5.97 Å². The van der Waals surface area contributed by atoms with Crippen LogP contribution in [0.15, 0.2) is 42.5 Å². The van der Waals surface area contributed by atoms with E-state index in [1.165, 1.54) is 7.11 Å². The predicted molar refractivity (Wildman–Crippen MR) is 100 cm³/mol. The maximum atomic E-state index is 13.2. The van der Waals surface area contributed by atoms with E-state index in [0.29, 0.717) is 36.8 Å². The lowest BCUT2D eigenvalue weighted by molar-refractivity contribution is 0.0583. The Bertz CT molecular complexity index is 846. The minimum Gasteiger partial charge on any atom is -0.486 e. The van der Waals surface area contributed by atoms with E-state index in [4.69, 9.17) is 14.2 Å². The van der Waals surface area contributed by atoms with Gasteiger partial charge in [0.1, 0.15) is 13.2 Å². The SMILES string of the molecule is COC(=O)c1ccccc1C(=O)N(Cc1ccc2c(c1)OCCO2)C(C)C. The molecule has 0 saturated heterocycles. The van der Waals surface area contributed by atoms with E-state index in [0.717, 1.165) is 5.56 Å². The summed E-state index contributed by atoms with van der Waals surface area (Å²) in [6.45, 7) is 5.32. The van der Waals surface area contributed by atoms with Crippen molar-refractivity contribution in [3.05, 3.63) is 59.2 Å². The summed E-state index contributed by atoms with van der Waals surface area (Å²) in [6.07, 6.45) is 0. The van der Waals surface area contributed by atoms with Crippen molar-refractivity contribution in [1.29, 1.82) is 0 Å². The highest BCUT2D eigenvalue weighted by molar-refractivity contribution is 6.05. The minimum absolute atomic E-state index is 0.0589. The Labute approximate surface area is 158 Å². The summed E-state index contributed by atoms with van der Waals surface area (Å²) in [7, 11) is 1.30. The Morgan fingerprint density at radius 2 is 1.70 bits per heavy atom. The fourth-order valence-corrected chi connectivity index (χ4v) is 2.98. The summed E-state index contributed by atoms with van der Waals surface area (Å²) in [5, 5.41) is 0. The average molecular weight is 369 g/mol. The molecule has 2 aromatic carbocycles. The van der Waals surface area contributed by atoms with Crippen LogP contribution in [-0.2, 0) is 11.3 Å². The molecule has 142 valence electrons. The summed E-state index contributed by atoms with van der Waals surface area (Å²) in [4.78, 5) is 26.9. The van der Waals surface area contributed by atoms with E-state index in [1.807, 2.05) is 32.0 Å². The molecule has 2 aromatic rings. The Kier molecular flexibility index (Phi) is 5.64. The van der Waals surface area contributed by atoms with E-state index in [1.54, 1.807) is 29.2 Å². The first-order valence-corrected chi connectivity index (χ1v) is 8.88. The van der Waals surface area contributed by atoms with Crippen LogP contribution < -0.4 is 9.47 Å². The van der Waals surface area contributed by atoms with E-state index in [9.17, 15) is 9.59 Å². The number of methoxy groups -OCH3 is 1. The largest absolute Gasteiger partial charge is 0.486 e. The van der Waals surface area contributed by atoms with E-state index in [2.05, 4.69) is 0 Å². The van der Waals surface area contributed by atoms with Gasteiger partial charge < -0.3 is 19.1 Å². The van der Waals surface area contributed by atoms with Gasteiger partial charge >= 0.3 is 5.97 Å². The van der Waals surface area contributed by atoms with Crippen molar-refractivity contribution in [2.75, 3.05) is 20.3 Å². The van der Waals surface area contributed by atoms with Crippen molar-refractivity contribution in [3.8, 4) is 11.5 Å². The molecule has 0 bridgehead atoms. The molecule has 0 atom stereocenters. The number of nitrogens with zero attached hydrogens (tertiary/aromatic N) is 1. The second-order valence-electron chi connectivity index (χ2n) is 6.54. The first kappa shape index (κ1) is 18.8. The van der Waals surface area contributed by atoms with Crippen molar-refractivity contribution in [3.63, 3.8) is 0 Å². The van der Waals surface area contributed by atoms with Crippen molar-refractivity contribution in [1.82, 2.24) is 4.90 Å². The Balaban J connectivity index is 1.88. The molecule has 0 spiro atoms. The molecule has 6 nitrogen and oxygen atoms in total. The molecule has 1 heterocycles. The minimum atomic E-state index is -0.526. The van der Waals surface area contributed by atoms with Crippen molar-refractivity contribution in [2.45, 2.75) is 26.4 Å². The van der Waals surface area contributed by atoms with Crippen LogP contribution in [0.3, 0.4) is 0 Å². The van der Waals surface area contributed by atoms with Crippen LogP contribution in [0.25, 0.3) is 0 Å². The number of amides is 1. The van der Waals surface area contributed by atoms with Gasteiger partial charge in [0, 0.05) is 12.6 Å². The smallest absolute Gasteiger partial charge is 0.338 e.